The Balaban J connectivity index is 2.82. The molecule has 0 spiro atoms. The highest BCUT2D eigenvalue weighted by molar-refractivity contribution is 5.08. The minimum absolute atomic E-state index is 0.443. The SMILES string of the molecule is CCCNC(c1ccnn1CCC)C(C)CCC. The van der Waals surface area contributed by atoms with Crippen LogP contribution in [0.25, 0.3) is 0 Å². The van der Waals surface area contributed by atoms with Crippen molar-refractivity contribution in [3.8, 4) is 0 Å². The average Bonchev–Trinajstić information content (AvgIpc) is 2.79. The molecule has 104 valence electrons. The summed E-state index contributed by atoms with van der Waals surface area (Å²) < 4.78 is 2.17. The van der Waals surface area contributed by atoms with Gasteiger partial charge in [0, 0.05) is 12.7 Å². The molecule has 2 atom stereocenters. The van der Waals surface area contributed by atoms with E-state index >= 15 is 0 Å². The molecule has 1 N–H and O–H groups in total. The van der Waals surface area contributed by atoms with Crippen LogP contribution in [0.15, 0.2) is 12.3 Å². The molecule has 0 amide bonds. The lowest BCUT2D eigenvalue weighted by atomic mass is 9.94. The Morgan fingerprint density at radius 3 is 2.61 bits per heavy atom. The minimum atomic E-state index is 0.443. The summed E-state index contributed by atoms with van der Waals surface area (Å²) in [5.41, 5.74) is 1.35. The molecular weight excluding hydrogens is 222 g/mol. The number of aromatic nitrogens is 2. The number of aryl methyl sites for hydroxylation is 1. The van der Waals surface area contributed by atoms with Crippen molar-refractivity contribution < 1.29 is 0 Å². The van der Waals surface area contributed by atoms with Crippen molar-refractivity contribution in [3.63, 3.8) is 0 Å². The van der Waals surface area contributed by atoms with E-state index in [-0.39, 0.29) is 0 Å². The van der Waals surface area contributed by atoms with Gasteiger partial charge in [0.1, 0.15) is 0 Å². The molecule has 1 heterocycles. The number of rotatable bonds is 9. The summed E-state index contributed by atoms with van der Waals surface area (Å²) in [7, 11) is 0. The monoisotopic (exact) mass is 251 g/mol. The highest BCUT2D eigenvalue weighted by Crippen LogP contribution is 2.25. The van der Waals surface area contributed by atoms with Gasteiger partial charge in [0.25, 0.3) is 0 Å². The second-order valence-electron chi connectivity index (χ2n) is 5.18. The van der Waals surface area contributed by atoms with Gasteiger partial charge in [-0.05, 0) is 37.8 Å². The normalized spacial score (nSPS) is 14.7. The fraction of sp³-hybridized carbons (Fsp3) is 0.800. The molecule has 0 aromatic carbocycles. The van der Waals surface area contributed by atoms with Gasteiger partial charge < -0.3 is 5.32 Å². The van der Waals surface area contributed by atoms with Crippen molar-refractivity contribution >= 4 is 0 Å². The molecule has 1 rings (SSSR count). The van der Waals surface area contributed by atoms with Gasteiger partial charge in [0.15, 0.2) is 0 Å². The zero-order valence-electron chi connectivity index (χ0n) is 12.4. The van der Waals surface area contributed by atoms with Crippen LogP contribution in [0.2, 0.25) is 0 Å². The van der Waals surface area contributed by atoms with Gasteiger partial charge in [-0.3, -0.25) is 4.68 Å². The number of hydrogen-bond donors (Lipinski definition) is 1. The highest BCUT2D eigenvalue weighted by Gasteiger charge is 2.21. The third-order valence-electron chi connectivity index (χ3n) is 3.43. The zero-order valence-corrected chi connectivity index (χ0v) is 12.4. The van der Waals surface area contributed by atoms with Crippen LogP contribution in [0.3, 0.4) is 0 Å². The third kappa shape index (κ3) is 4.13. The summed E-state index contributed by atoms with van der Waals surface area (Å²) in [6, 6.07) is 2.62. The summed E-state index contributed by atoms with van der Waals surface area (Å²) in [4.78, 5) is 0. The Morgan fingerprint density at radius 2 is 2.00 bits per heavy atom. The summed E-state index contributed by atoms with van der Waals surface area (Å²) >= 11 is 0. The lowest BCUT2D eigenvalue weighted by Crippen LogP contribution is -2.30. The minimum Gasteiger partial charge on any atom is -0.308 e. The van der Waals surface area contributed by atoms with Gasteiger partial charge in [0.2, 0.25) is 0 Å². The predicted molar refractivity (Wildman–Crippen MR) is 77.6 cm³/mol. The Labute approximate surface area is 112 Å². The van der Waals surface area contributed by atoms with Crippen molar-refractivity contribution in [2.24, 2.45) is 5.92 Å². The lowest BCUT2D eigenvalue weighted by molar-refractivity contribution is 0.341. The molecule has 3 heteroatoms. The molecule has 0 bridgehead atoms. The lowest BCUT2D eigenvalue weighted by Gasteiger charge is -2.26. The standard InChI is InChI=1S/C15H29N3/c1-5-8-13(4)15(16-10-6-2)14-9-11-17-18(14)12-7-3/h9,11,13,15-16H,5-8,10,12H2,1-4H3. The Kier molecular flexibility index (Phi) is 7.02. The molecule has 1 aromatic heterocycles. The fourth-order valence-electron chi connectivity index (χ4n) is 2.52. The second kappa shape index (κ2) is 8.30. The molecule has 0 fully saturated rings. The maximum absolute atomic E-state index is 4.45. The molecule has 18 heavy (non-hydrogen) atoms. The highest BCUT2D eigenvalue weighted by atomic mass is 15.3. The first-order valence-electron chi connectivity index (χ1n) is 7.49. The van der Waals surface area contributed by atoms with Crippen LogP contribution in [0, 0.1) is 5.92 Å². The van der Waals surface area contributed by atoms with Crippen LogP contribution in [0.4, 0.5) is 0 Å². The van der Waals surface area contributed by atoms with E-state index in [0.29, 0.717) is 12.0 Å². The van der Waals surface area contributed by atoms with Crippen molar-refractivity contribution in [2.45, 2.75) is 66.0 Å². The van der Waals surface area contributed by atoms with Gasteiger partial charge in [-0.25, -0.2) is 0 Å². The summed E-state index contributed by atoms with van der Waals surface area (Å²) in [5, 5.41) is 8.15. The number of hydrogen-bond acceptors (Lipinski definition) is 2. The van der Waals surface area contributed by atoms with Crippen LogP contribution >= 0.6 is 0 Å². The molecule has 3 nitrogen and oxygen atoms in total. The van der Waals surface area contributed by atoms with Gasteiger partial charge in [-0.2, -0.15) is 5.10 Å². The maximum Gasteiger partial charge on any atom is 0.0556 e. The smallest absolute Gasteiger partial charge is 0.0556 e. The van der Waals surface area contributed by atoms with E-state index in [9.17, 15) is 0 Å². The Hall–Kier alpha value is -0.830. The first kappa shape index (κ1) is 15.2. The van der Waals surface area contributed by atoms with Crippen LogP contribution in [0.5, 0.6) is 0 Å². The average molecular weight is 251 g/mol. The predicted octanol–water partition coefficient (Wildman–Crippen LogP) is 3.77. The number of nitrogens with one attached hydrogen (secondary N) is 1. The summed E-state index contributed by atoms with van der Waals surface area (Å²) in [5.74, 6) is 0.661. The maximum atomic E-state index is 4.45. The van der Waals surface area contributed by atoms with E-state index < -0.39 is 0 Å². The Bertz CT molecular complexity index is 319. The molecule has 0 radical (unpaired) electrons. The first-order valence-corrected chi connectivity index (χ1v) is 7.49. The van der Waals surface area contributed by atoms with E-state index in [0.717, 1.165) is 19.5 Å². The fourth-order valence-corrected chi connectivity index (χ4v) is 2.52. The molecule has 0 saturated heterocycles. The second-order valence-corrected chi connectivity index (χ2v) is 5.18. The molecule has 0 saturated carbocycles. The summed E-state index contributed by atoms with van der Waals surface area (Å²) in [6.45, 7) is 11.1. The van der Waals surface area contributed by atoms with E-state index in [1.54, 1.807) is 0 Å². The molecule has 1 aromatic rings. The van der Waals surface area contributed by atoms with Gasteiger partial charge in [-0.1, -0.05) is 34.1 Å². The molecule has 0 aliphatic carbocycles. The van der Waals surface area contributed by atoms with E-state index in [1.165, 1.54) is 25.0 Å². The van der Waals surface area contributed by atoms with Crippen molar-refractivity contribution in [1.29, 1.82) is 0 Å². The first-order chi connectivity index (χ1) is 8.74. The van der Waals surface area contributed by atoms with Gasteiger partial charge >= 0.3 is 0 Å². The number of nitrogens with zero attached hydrogens (tertiary/aromatic N) is 2. The summed E-state index contributed by atoms with van der Waals surface area (Å²) in [6.07, 6.45) is 6.75. The van der Waals surface area contributed by atoms with E-state index in [2.05, 4.69) is 48.9 Å². The van der Waals surface area contributed by atoms with E-state index in [4.69, 9.17) is 0 Å². The zero-order chi connectivity index (χ0) is 13.4. The van der Waals surface area contributed by atoms with Crippen LogP contribution < -0.4 is 5.32 Å². The molecule has 0 aliphatic rings. The molecule has 2 unspecified atom stereocenters. The van der Waals surface area contributed by atoms with Crippen molar-refractivity contribution in [1.82, 2.24) is 15.1 Å². The third-order valence-corrected chi connectivity index (χ3v) is 3.43. The quantitative estimate of drug-likeness (QED) is 0.724. The largest absolute Gasteiger partial charge is 0.308 e. The van der Waals surface area contributed by atoms with E-state index in [1.807, 2.05) is 6.20 Å². The van der Waals surface area contributed by atoms with Crippen molar-refractivity contribution in [2.75, 3.05) is 6.54 Å². The van der Waals surface area contributed by atoms with Gasteiger partial charge in [0.05, 0.1) is 11.7 Å². The van der Waals surface area contributed by atoms with Gasteiger partial charge in [-0.15, -0.1) is 0 Å². The van der Waals surface area contributed by atoms with Crippen LogP contribution in [-0.4, -0.2) is 16.3 Å². The van der Waals surface area contributed by atoms with Crippen LogP contribution in [0.1, 0.15) is 65.1 Å². The topological polar surface area (TPSA) is 29.9 Å². The Morgan fingerprint density at radius 1 is 1.22 bits per heavy atom. The molecular formula is C15H29N3. The van der Waals surface area contributed by atoms with Crippen molar-refractivity contribution in [3.05, 3.63) is 18.0 Å². The van der Waals surface area contributed by atoms with Crippen LogP contribution in [-0.2, 0) is 6.54 Å². The molecule has 0 aliphatic heterocycles.